The molecule has 3 aromatic rings. The number of hydrogen-bond donors (Lipinski definition) is 0. The average Bonchev–Trinajstić information content (AvgIpc) is 3.50. The van der Waals surface area contributed by atoms with Gasteiger partial charge in [-0.15, -0.1) is 0 Å². The van der Waals surface area contributed by atoms with E-state index in [1.54, 1.807) is 40.4 Å². The van der Waals surface area contributed by atoms with Crippen molar-refractivity contribution in [2.45, 2.75) is 43.6 Å². The number of carbonyl (C=O) groups excluding carboxylic acids is 2. The molecule has 3 atom stereocenters. The zero-order chi connectivity index (χ0) is 30.0. The quantitative estimate of drug-likeness (QED) is 0.140. The number of benzene rings is 2. The number of thioether (sulfide) groups is 1. The molecule has 42 heavy (non-hydrogen) atoms. The molecule has 2 aliphatic rings. The highest BCUT2D eigenvalue weighted by Crippen LogP contribution is 2.50. The predicted octanol–water partition coefficient (Wildman–Crippen LogP) is 5.55. The van der Waals surface area contributed by atoms with Crippen LogP contribution in [0.15, 0.2) is 70.0 Å². The van der Waals surface area contributed by atoms with E-state index in [1.807, 2.05) is 52.2 Å². The number of halogens is 1. The van der Waals surface area contributed by atoms with Gasteiger partial charge in [-0.25, -0.2) is 14.6 Å². The Labute approximate surface area is 253 Å². The number of anilines is 1. The van der Waals surface area contributed by atoms with Gasteiger partial charge in [-0.3, -0.25) is 4.90 Å². The number of rotatable bonds is 8. The molecule has 3 heterocycles. The van der Waals surface area contributed by atoms with Crippen molar-refractivity contribution in [3.05, 3.63) is 87.5 Å². The SMILES string of the molecule is C=C1Sc2c(Cl)nc(N=CN(C)C)nc2N1[C@H]1C[C@H](OC(=O)c2ccc(C)cc2)[C@@H](COC(=O)c2ccc(C)cc2)O1. The fourth-order valence-electron chi connectivity index (χ4n) is 4.42. The topological polar surface area (TPSA) is 106 Å². The molecule has 10 nitrogen and oxygen atoms in total. The summed E-state index contributed by atoms with van der Waals surface area (Å²) in [6, 6.07) is 14.2. The summed E-state index contributed by atoms with van der Waals surface area (Å²) in [5, 5.41) is 0.851. The summed E-state index contributed by atoms with van der Waals surface area (Å²) >= 11 is 7.81. The van der Waals surface area contributed by atoms with E-state index in [-0.39, 0.29) is 24.1 Å². The summed E-state index contributed by atoms with van der Waals surface area (Å²) in [6.45, 7) is 7.92. The Balaban J connectivity index is 1.39. The number of fused-ring (bicyclic) bond motifs is 1. The minimum absolute atomic E-state index is 0.127. The molecule has 0 N–H and O–H groups in total. The van der Waals surface area contributed by atoms with Gasteiger partial charge in [0.1, 0.15) is 25.0 Å². The lowest BCUT2D eigenvalue weighted by Gasteiger charge is -2.25. The van der Waals surface area contributed by atoms with Crippen molar-refractivity contribution < 1.29 is 23.8 Å². The summed E-state index contributed by atoms with van der Waals surface area (Å²) in [4.78, 5) is 43.2. The molecule has 2 aromatic carbocycles. The van der Waals surface area contributed by atoms with Crippen molar-refractivity contribution in [1.29, 1.82) is 0 Å². The Morgan fingerprint density at radius 2 is 1.71 bits per heavy atom. The molecule has 218 valence electrons. The Hall–Kier alpha value is -3.93. The number of ether oxygens (including phenoxy) is 3. The van der Waals surface area contributed by atoms with E-state index in [1.165, 1.54) is 11.8 Å². The van der Waals surface area contributed by atoms with Crippen LogP contribution >= 0.6 is 23.4 Å². The fraction of sp³-hybridized carbons (Fsp3) is 0.300. The van der Waals surface area contributed by atoms with Crippen LogP contribution in [0.4, 0.5) is 11.8 Å². The molecule has 0 amide bonds. The molecule has 0 radical (unpaired) electrons. The lowest BCUT2D eigenvalue weighted by atomic mass is 10.1. The van der Waals surface area contributed by atoms with Crippen LogP contribution in [0, 0.1) is 13.8 Å². The molecule has 1 fully saturated rings. The molecule has 0 unspecified atom stereocenters. The van der Waals surface area contributed by atoms with Crippen molar-refractivity contribution in [3.8, 4) is 0 Å². The number of esters is 2. The number of carbonyl (C=O) groups is 2. The van der Waals surface area contributed by atoms with E-state index in [9.17, 15) is 9.59 Å². The summed E-state index contributed by atoms with van der Waals surface area (Å²) in [5.74, 6) is -0.335. The monoisotopic (exact) mass is 607 g/mol. The van der Waals surface area contributed by atoms with Crippen LogP contribution in [0.2, 0.25) is 5.15 Å². The van der Waals surface area contributed by atoms with Crippen LogP contribution in [0.25, 0.3) is 0 Å². The predicted molar refractivity (Wildman–Crippen MR) is 161 cm³/mol. The lowest BCUT2D eigenvalue weighted by Crippen LogP contribution is -2.33. The standard InChI is InChI=1S/C30H30ClN5O5S/c1-17-6-10-20(11-7-17)28(37)39-15-23-22(41-29(38)21-12-8-18(2)9-13-21)14-24(40-23)36-19(3)42-25-26(31)33-30(34-27(25)36)32-16-35(4)5/h6-13,16,22-24H,3,14-15H2,1-2,4-5H3/t22-,23+,24+/m0/s1. The third kappa shape index (κ3) is 6.59. The van der Waals surface area contributed by atoms with Crippen molar-refractivity contribution in [1.82, 2.24) is 14.9 Å². The first kappa shape index (κ1) is 29.6. The Morgan fingerprint density at radius 1 is 1.10 bits per heavy atom. The minimum Gasteiger partial charge on any atom is -0.459 e. The summed E-state index contributed by atoms with van der Waals surface area (Å²) in [6.07, 6.45) is -0.267. The second-order valence-electron chi connectivity index (χ2n) is 10.2. The van der Waals surface area contributed by atoms with Gasteiger partial charge in [0.15, 0.2) is 11.0 Å². The Morgan fingerprint density at radius 3 is 2.33 bits per heavy atom. The fourth-order valence-corrected chi connectivity index (χ4v) is 5.60. The van der Waals surface area contributed by atoms with Crippen LogP contribution in [-0.4, -0.2) is 72.3 Å². The van der Waals surface area contributed by atoms with Crippen molar-refractivity contribution in [2.75, 3.05) is 25.6 Å². The van der Waals surface area contributed by atoms with E-state index >= 15 is 0 Å². The zero-order valence-corrected chi connectivity index (χ0v) is 25.2. The first-order valence-electron chi connectivity index (χ1n) is 13.2. The Bertz CT molecular complexity index is 1530. The molecule has 0 saturated carbocycles. The van der Waals surface area contributed by atoms with Gasteiger partial charge in [0.2, 0.25) is 0 Å². The van der Waals surface area contributed by atoms with Gasteiger partial charge < -0.3 is 19.1 Å². The minimum atomic E-state index is -0.746. The van der Waals surface area contributed by atoms with Gasteiger partial charge in [0, 0.05) is 20.5 Å². The van der Waals surface area contributed by atoms with Gasteiger partial charge in [-0.05, 0) is 38.1 Å². The van der Waals surface area contributed by atoms with Gasteiger partial charge in [-0.1, -0.05) is 65.3 Å². The largest absolute Gasteiger partial charge is 0.459 e. The third-order valence-corrected chi connectivity index (χ3v) is 7.99. The first-order chi connectivity index (χ1) is 20.1. The number of hydrogen-bond acceptors (Lipinski definition) is 10. The van der Waals surface area contributed by atoms with Crippen LogP contribution < -0.4 is 4.90 Å². The van der Waals surface area contributed by atoms with Crippen molar-refractivity contribution in [3.63, 3.8) is 0 Å². The molecular weight excluding hydrogens is 578 g/mol. The number of aromatic nitrogens is 2. The highest BCUT2D eigenvalue weighted by atomic mass is 35.5. The van der Waals surface area contributed by atoms with Gasteiger partial charge in [-0.2, -0.15) is 9.97 Å². The zero-order valence-electron chi connectivity index (χ0n) is 23.6. The van der Waals surface area contributed by atoms with Crippen molar-refractivity contribution in [2.24, 2.45) is 4.99 Å². The number of nitrogens with zero attached hydrogens (tertiary/aromatic N) is 5. The maximum atomic E-state index is 13.1. The van der Waals surface area contributed by atoms with Crippen LogP contribution in [0.1, 0.15) is 38.3 Å². The van der Waals surface area contributed by atoms with E-state index < -0.39 is 30.4 Å². The molecule has 1 aromatic heterocycles. The molecule has 2 aliphatic heterocycles. The smallest absolute Gasteiger partial charge is 0.338 e. The molecule has 1 saturated heterocycles. The van der Waals surface area contributed by atoms with E-state index in [0.29, 0.717) is 26.9 Å². The molecule has 0 spiro atoms. The maximum Gasteiger partial charge on any atom is 0.338 e. The van der Waals surface area contributed by atoms with E-state index in [2.05, 4.69) is 21.5 Å². The summed E-state index contributed by atoms with van der Waals surface area (Å²) in [7, 11) is 3.66. The summed E-state index contributed by atoms with van der Waals surface area (Å²) < 4.78 is 17.9. The number of aliphatic imine (C=N–C) groups is 1. The van der Waals surface area contributed by atoms with Gasteiger partial charge in [0.05, 0.1) is 27.4 Å². The molecule has 0 bridgehead atoms. The Kier molecular flexibility index (Phi) is 8.81. The summed E-state index contributed by atoms with van der Waals surface area (Å²) in [5.41, 5.74) is 2.88. The van der Waals surface area contributed by atoms with Crippen molar-refractivity contribution >= 4 is 53.4 Å². The molecule has 5 rings (SSSR count). The third-order valence-electron chi connectivity index (χ3n) is 6.60. The normalized spacial score (nSPS) is 19.7. The van der Waals surface area contributed by atoms with Crippen LogP contribution in [0.3, 0.4) is 0 Å². The molecule has 12 heteroatoms. The molecular formula is C30H30ClN5O5S. The van der Waals surface area contributed by atoms with E-state index in [4.69, 9.17) is 25.8 Å². The lowest BCUT2D eigenvalue weighted by molar-refractivity contribution is -0.0413. The van der Waals surface area contributed by atoms with E-state index in [0.717, 1.165) is 11.1 Å². The van der Waals surface area contributed by atoms with Gasteiger partial charge >= 0.3 is 11.9 Å². The second-order valence-corrected chi connectivity index (χ2v) is 11.6. The first-order valence-corrected chi connectivity index (χ1v) is 14.4. The van der Waals surface area contributed by atoms with Crippen LogP contribution in [-0.2, 0) is 14.2 Å². The number of aryl methyl sites for hydroxylation is 2. The second kappa shape index (κ2) is 12.5. The highest BCUT2D eigenvalue weighted by molar-refractivity contribution is 8.03. The maximum absolute atomic E-state index is 13.1. The van der Waals surface area contributed by atoms with Gasteiger partial charge in [0.25, 0.3) is 5.95 Å². The van der Waals surface area contributed by atoms with Crippen LogP contribution in [0.5, 0.6) is 0 Å². The highest BCUT2D eigenvalue weighted by Gasteiger charge is 2.45. The molecule has 0 aliphatic carbocycles. The average molecular weight is 608 g/mol.